The average Bonchev–Trinajstić information content (AvgIpc) is 3.28. The van der Waals surface area contributed by atoms with Crippen molar-refractivity contribution < 1.29 is 0 Å². The summed E-state index contributed by atoms with van der Waals surface area (Å²) in [5, 5.41) is 18.0. The lowest BCUT2D eigenvalue weighted by atomic mass is 9.82. The van der Waals surface area contributed by atoms with E-state index in [1.165, 1.54) is 120 Å². The lowest BCUT2D eigenvalue weighted by Gasteiger charge is -2.21. The fraction of sp³-hybridized carbons (Fsp3) is 0. The summed E-state index contributed by atoms with van der Waals surface area (Å²) < 4.78 is 0. The van der Waals surface area contributed by atoms with Crippen LogP contribution in [-0.2, 0) is 0 Å². The molecule has 0 N–H and O–H groups in total. The molecule has 0 amide bonds. The molecule has 12 aromatic rings. The van der Waals surface area contributed by atoms with Gasteiger partial charge < -0.3 is 0 Å². The Morgan fingerprint density at radius 2 is 0.607 bits per heavy atom. The van der Waals surface area contributed by atoms with E-state index in [0.29, 0.717) is 0 Å². The Hall–Kier alpha value is -7.28. The van der Waals surface area contributed by atoms with Gasteiger partial charge in [-0.15, -0.1) is 0 Å². The van der Waals surface area contributed by atoms with E-state index in [9.17, 15) is 0 Å². The zero-order valence-corrected chi connectivity index (χ0v) is 30.6. The van der Waals surface area contributed by atoms with E-state index in [1.54, 1.807) is 0 Å². The van der Waals surface area contributed by atoms with E-state index >= 15 is 0 Å². The third kappa shape index (κ3) is 4.60. The Kier molecular flexibility index (Phi) is 6.73. The van der Waals surface area contributed by atoms with Crippen molar-refractivity contribution in [1.82, 2.24) is 0 Å². The molecule has 56 heavy (non-hydrogen) atoms. The van der Waals surface area contributed by atoms with Crippen LogP contribution in [-0.4, -0.2) is 0 Å². The van der Waals surface area contributed by atoms with Crippen molar-refractivity contribution in [2.75, 3.05) is 0 Å². The fourth-order valence-electron chi connectivity index (χ4n) is 9.62. The number of fused-ring (bicyclic) bond motifs is 6. The Bertz CT molecular complexity index is 3500. The maximum Gasteiger partial charge on any atom is -0.00141 e. The first-order valence-corrected chi connectivity index (χ1v) is 19.5. The molecule has 12 aromatic carbocycles. The first-order valence-electron chi connectivity index (χ1n) is 19.5. The highest BCUT2D eigenvalue weighted by molar-refractivity contribution is 6.32. The molecule has 0 heterocycles. The lowest BCUT2D eigenvalue weighted by molar-refractivity contribution is 1.61. The van der Waals surface area contributed by atoms with Gasteiger partial charge in [-0.3, -0.25) is 0 Å². The summed E-state index contributed by atoms with van der Waals surface area (Å²) in [5.41, 5.74) is 9.98. The van der Waals surface area contributed by atoms with Crippen LogP contribution in [0, 0.1) is 0 Å². The molecular weight excluding hydrogens is 673 g/mol. The van der Waals surface area contributed by atoms with Gasteiger partial charge in [0.15, 0.2) is 0 Å². The molecule has 12 rings (SSSR count). The lowest BCUT2D eigenvalue weighted by Crippen LogP contribution is -1.94. The number of benzene rings is 12. The second kappa shape index (κ2) is 12.1. The number of hydrogen-bond acceptors (Lipinski definition) is 0. The van der Waals surface area contributed by atoms with Gasteiger partial charge in [-0.2, -0.15) is 0 Å². The van der Waals surface area contributed by atoms with E-state index in [0.717, 1.165) is 0 Å². The van der Waals surface area contributed by atoms with Gasteiger partial charge in [0.05, 0.1) is 0 Å². The molecule has 0 atom stereocenters. The maximum absolute atomic E-state index is 2.47. The molecule has 0 aliphatic carbocycles. The molecule has 0 aliphatic heterocycles. The van der Waals surface area contributed by atoms with Crippen LogP contribution in [0.4, 0.5) is 0 Å². The van der Waals surface area contributed by atoms with Crippen LogP contribution in [0.2, 0.25) is 0 Å². The molecule has 0 spiro atoms. The molecule has 0 heteroatoms. The van der Waals surface area contributed by atoms with Crippen molar-refractivity contribution in [2.45, 2.75) is 0 Å². The van der Waals surface area contributed by atoms with E-state index in [-0.39, 0.29) is 0 Å². The first kappa shape index (κ1) is 31.1. The summed E-state index contributed by atoms with van der Waals surface area (Å²) in [4.78, 5) is 0. The molecule has 258 valence electrons. The van der Waals surface area contributed by atoms with Gasteiger partial charge in [0.1, 0.15) is 0 Å². The highest BCUT2D eigenvalue weighted by Gasteiger charge is 2.21. The molecule has 0 aliphatic rings. The number of hydrogen-bond donors (Lipinski definition) is 0. The first-order chi connectivity index (χ1) is 27.8. The van der Waals surface area contributed by atoms with Crippen molar-refractivity contribution >= 4 is 75.4 Å². The van der Waals surface area contributed by atoms with Gasteiger partial charge in [0.25, 0.3) is 0 Å². The van der Waals surface area contributed by atoms with Crippen LogP contribution >= 0.6 is 0 Å². The largest absolute Gasteiger partial charge is 0.0622 e. The summed E-state index contributed by atoms with van der Waals surface area (Å²) in [7, 11) is 0. The van der Waals surface area contributed by atoms with Gasteiger partial charge in [-0.05, 0) is 138 Å². The van der Waals surface area contributed by atoms with Gasteiger partial charge in [-0.25, -0.2) is 0 Å². The molecule has 0 bridgehead atoms. The van der Waals surface area contributed by atoms with Crippen molar-refractivity contribution in [2.24, 2.45) is 0 Å². The number of rotatable bonds is 4. The molecule has 0 radical (unpaired) electrons. The monoisotopic (exact) mass is 706 g/mol. The predicted octanol–water partition coefficient (Wildman–Crippen LogP) is 15.9. The third-order valence-corrected chi connectivity index (χ3v) is 12.2. The van der Waals surface area contributed by atoms with Crippen LogP contribution in [0.3, 0.4) is 0 Å². The molecule has 0 aromatic heterocycles. The van der Waals surface area contributed by atoms with Crippen LogP contribution in [0.25, 0.3) is 120 Å². The quantitative estimate of drug-likeness (QED) is 0.160. The summed E-state index contributed by atoms with van der Waals surface area (Å²) in [6, 6.07) is 76.7. The summed E-state index contributed by atoms with van der Waals surface area (Å²) in [6.45, 7) is 0. The molecule has 0 saturated carbocycles. The Labute approximate surface area is 324 Å². The van der Waals surface area contributed by atoms with Crippen molar-refractivity contribution in [3.8, 4) is 44.5 Å². The SMILES string of the molecule is c1ccc(-c2ccc(-c3cc(-c4cc5ccccc5c5ccccc45)c4ccc5ccc(-c6cc7ccccc7c7ccccc67)c6ccc3c4c56)cc2)cc1. The Balaban J connectivity index is 1.20. The minimum Gasteiger partial charge on any atom is -0.0622 e. The zero-order chi connectivity index (χ0) is 36.7. The van der Waals surface area contributed by atoms with Gasteiger partial charge in [-0.1, -0.05) is 188 Å². The van der Waals surface area contributed by atoms with Crippen LogP contribution in [0.1, 0.15) is 0 Å². The summed E-state index contributed by atoms with van der Waals surface area (Å²) in [5.74, 6) is 0. The predicted molar refractivity (Wildman–Crippen MR) is 242 cm³/mol. The Morgan fingerprint density at radius 1 is 0.179 bits per heavy atom. The molecule has 0 saturated heterocycles. The summed E-state index contributed by atoms with van der Waals surface area (Å²) in [6.07, 6.45) is 0. The second-order valence-corrected chi connectivity index (χ2v) is 15.2. The van der Waals surface area contributed by atoms with Crippen LogP contribution in [0.15, 0.2) is 206 Å². The van der Waals surface area contributed by atoms with E-state index in [4.69, 9.17) is 0 Å². The second-order valence-electron chi connectivity index (χ2n) is 15.2. The maximum atomic E-state index is 2.47. The van der Waals surface area contributed by atoms with Crippen molar-refractivity contribution in [3.05, 3.63) is 206 Å². The molecular formula is C56H34. The highest BCUT2D eigenvalue weighted by atomic mass is 14.2. The van der Waals surface area contributed by atoms with E-state index in [2.05, 4.69) is 206 Å². The molecule has 0 fully saturated rings. The van der Waals surface area contributed by atoms with Crippen molar-refractivity contribution in [1.29, 1.82) is 0 Å². The normalized spacial score (nSPS) is 11.9. The molecule has 0 nitrogen and oxygen atoms in total. The highest BCUT2D eigenvalue weighted by Crippen LogP contribution is 2.48. The fourth-order valence-corrected chi connectivity index (χ4v) is 9.62. The standard InChI is InChI=1S/C56H34/c1-2-12-35(13-3-1)36-22-24-37(25-23-36)51-34-54(53-33-40-15-5-7-17-42(40)44-19-9-11-21-46(44)53)50-29-27-38-26-28-47(48-30-31-49(51)56(50)55(38)48)52-32-39-14-4-6-16-41(39)43-18-8-10-20-45(43)52/h1-34H. The minimum atomic E-state index is 1.22. The minimum absolute atomic E-state index is 1.22. The topological polar surface area (TPSA) is 0 Å². The smallest absolute Gasteiger partial charge is 0.00141 e. The van der Waals surface area contributed by atoms with Crippen LogP contribution in [0.5, 0.6) is 0 Å². The Morgan fingerprint density at radius 3 is 1.25 bits per heavy atom. The third-order valence-electron chi connectivity index (χ3n) is 12.2. The van der Waals surface area contributed by atoms with Crippen LogP contribution < -0.4 is 0 Å². The van der Waals surface area contributed by atoms with Gasteiger partial charge >= 0.3 is 0 Å². The van der Waals surface area contributed by atoms with E-state index in [1.807, 2.05) is 0 Å². The van der Waals surface area contributed by atoms with Gasteiger partial charge in [0, 0.05) is 0 Å². The average molecular weight is 707 g/mol. The van der Waals surface area contributed by atoms with Crippen molar-refractivity contribution in [3.63, 3.8) is 0 Å². The zero-order valence-electron chi connectivity index (χ0n) is 30.6. The van der Waals surface area contributed by atoms with Gasteiger partial charge in [0.2, 0.25) is 0 Å². The summed E-state index contributed by atoms with van der Waals surface area (Å²) >= 11 is 0. The van der Waals surface area contributed by atoms with E-state index < -0.39 is 0 Å². The molecule has 0 unspecified atom stereocenters.